The molecule has 0 fully saturated rings. The molecule has 0 aromatic rings. The molecule has 0 atom stereocenters. The predicted octanol–water partition coefficient (Wildman–Crippen LogP) is 2.21. The quantitative estimate of drug-likeness (QED) is 0.661. The maximum atomic E-state index is 10.8. The lowest BCUT2D eigenvalue weighted by atomic mass is 9.87. The first-order chi connectivity index (χ1) is 6.29. The lowest BCUT2D eigenvalue weighted by Crippen LogP contribution is -2.09. The summed E-state index contributed by atoms with van der Waals surface area (Å²) in [5, 5.41) is 8.92. The molecule has 0 aromatic carbocycles. The van der Waals surface area contributed by atoms with Gasteiger partial charge in [0.1, 0.15) is 0 Å². The smallest absolute Gasteiger partial charge is 0.335 e. The minimum Gasteiger partial charge on any atom is -0.478 e. The van der Waals surface area contributed by atoms with Gasteiger partial charge in [-0.05, 0) is 24.0 Å². The first-order valence-corrected chi connectivity index (χ1v) is 4.29. The zero-order chi connectivity index (χ0) is 9.26. The van der Waals surface area contributed by atoms with Crippen LogP contribution in [0.4, 0.5) is 0 Å². The van der Waals surface area contributed by atoms with Crippen LogP contribution in [0.2, 0.25) is 0 Å². The van der Waals surface area contributed by atoms with E-state index in [2.05, 4.69) is 6.08 Å². The standard InChI is InChI=1S/C11H10O2/c12-11(13)10-7-3-5-8-4-1-2-6-9(8)10/h1-2,5-7H,3-4H2,(H,12,13). The Morgan fingerprint density at radius 1 is 1.38 bits per heavy atom. The zero-order valence-electron chi connectivity index (χ0n) is 7.16. The third-order valence-corrected chi connectivity index (χ3v) is 2.29. The van der Waals surface area contributed by atoms with Crippen molar-refractivity contribution in [3.63, 3.8) is 0 Å². The van der Waals surface area contributed by atoms with E-state index in [0.717, 1.165) is 24.0 Å². The van der Waals surface area contributed by atoms with E-state index in [9.17, 15) is 4.79 Å². The molecule has 2 aliphatic rings. The molecule has 2 nitrogen and oxygen atoms in total. The molecule has 1 N–H and O–H groups in total. The van der Waals surface area contributed by atoms with Crippen LogP contribution in [0.5, 0.6) is 0 Å². The molecule has 2 rings (SSSR count). The predicted molar refractivity (Wildman–Crippen MR) is 50.3 cm³/mol. The van der Waals surface area contributed by atoms with Gasteiger partial charge in [0.05, 0.1) is 5.57 Å². The summed E-state index contributed by atoms with van der Waals surface area (Å²) in [5.41, 5.74) is 2.46. The van der Waals surface area contributed by atoms with Crippen LogP contribution in [0.3, 0.4) is 0 Å². The Kier molecular flexibility index (Phi) is 1.89. The number of rotatable bonds is 1. The van der Waals surface area contributed by atoms with Crippen LogP contribution < -0.4 is 0 Å². The van der Waals surface area contributed by atoms with Crippen molar-refractivity contribution in [2.75, 3.05) is 0 Å². The van der Waals surface area contributed by atoms with E-state index in [1.165, 1.54) is 0 Å². The van der Waals surface area contributed by atoms with E-state index in [0.29, 0.717) is 5.57 Å². The Balaban J connectivity index is 2.42. The molecule has 13 heavy (non-hydrogen) atoms. The second-order valence-electron chi connectivity index (χ2n) is 3.10. The molecule has 2 heteroatoms. The van der Waals surface area contributed by atoms with E-state index in [4.69, 9.17) is 5.11 Å². The van der Waals surface area contributed by atoms with Crippen LogP contribution in [-0.4, -0.2) is 11.1 Å². The molecule has 66 valence electrons. The number of allylic oxidation sites excluding steroid dienone is 6. The average Bonchev–Trinajstić information content (AvgIpc) is 2.17. The molecule has 0 bridgehead atoms. The highest BCUT2D eigenvalue weighted by Gasteiger charge is 2.19. The average molecular weight is 174 g/mol. The molecule has 0 saturated heterocycles. The highest BCUT2D eigenvalue weighted by Crippen LogP contribution is 2.30. The number of hydrogen-bond donors (Lipinski definition) is 1. The highest BCUT2D eigenvalue weighted by atomic mass is 16.4. The Hall–Kier alpha value is -1.57. The van der Waals surface area contributed by atoms with Gasteiger partial charge in [-0.25, -0.2) is 4.79 Å². The Morgan fingerprint density at radius 3 is 3.00 bits per heavy atom. The SMILES string of the molecule is O=C(O)C1=CCC=C2CC=CC=C21. The lowest BCUT2D eigenvalue weighted by molar-refractivity contribution is -0.132. The van der Waals surface area contributed by atoms with Gasteiger partial charge in [0, 0.05) is 0 Å². The van der Waals surface area contributed by atoms with Gasteiger partial charge in [-0.3, -0.25) is 0 Å². The molecular formula is C11H10O2. The molecule has 0 spiro atoms. The number of hydrogen-bond acceptors (Lipinski definition) is 1. The van der Waals surface area contributed by atoms with E-state index >= 15 is 0 Å². The van der Waals surface area contributed by atoms with Gasteiger partial charge < -0.3 is 5.11 Å². The third kappa shape index (κ3) is 1.35. The Morgan fingerprint density at radius 2 is 2.23 bits per heavy atom. The molecule has 0 amide bonds. The van der Waals surface area contributed by atoms with Crippen molar-refractivity contribution in [3.05, 3.63) is 47.1 Å². The van der Waals surface area contributed by atoms with Crippen molar-refractivity contribution < 1.29 is 9.90 Å². The van der Waals surface area contributed by atoms with Gasteiger partial charge in [0.25, 0.3) is 0 Å². The number of fused-ring (bicyclic) bond motifs is 1. The minimum absolute atomic E-state index is 0.446. The summed E-state index contributed by atoms with van der Waals surface area (Å²) in [4.78, 5) is 10.8. The van der Waals surface area contributed by atoms with Crippen molar-refractivity contribution in [1.82, 2.24) is 0 Å². The second kappa shape index (κ2) is 3.05. The first-order valence-electron chi connectivity index (χ1n) is 4.29. The van der Waals surface area contributed by atoms with Gasteiger partial charge in [-0.2, -0.15) is 0 Å². The van der Waals surface area contributed by atoms with Crippen LogP contribution >= 0.6 is 0 Å². The Bertz CT molecular complexity index is 368. The van der Waals surface area contributed by atoms with Crippen molar-refractivity contribution in [2.24, 2.45) is 0 Å². The van der Waals surface area contributed by atoms with E-state index in [1.54, 1.807) is 6.08 Å². The maximum absolute atomic E-state index is 10.8. The first kappa shape index (κ1) is 8.05. The van der Waals surface area contributed by atoms with Crippen molar-refractivity contribution in [2.45, 2.75) is 12.8 Å². The largest absolute Gasteiger partial charge is 0.478 e. The number of carboxylic acid groups (broad SMARTS) is 1. The minimum atomic E-state index is -0.827. The summed E-state index contributed by atoms with van der Waals surface area (Å²) in [6.45, 7) is 0. The molecular weight excluding hydrogens is 164 g/mol. The molecule has 0 saturated carbocycles. The monoisotopic (exact) mass is 174 g/mol. The van der Waals surface area contributed by atoms with Crippen molar-refractivity contribution in [3.8, 4) is 0 Å². The summed E-state index contributed by atoms with van der Waals surface area (Å²) in [7, 11) is 0. The van der Waals surface area contributed by atoms with E-state index < -0.39 is 5.97 Å². The lowest BCUT2D eigenvalue weighted by Gasteiger charge is -2.17. The van der Waals surface area contributed by atoms with Crippen LogP contribution in [-0.2, 0) is 4.79 Å². The van der Waals surface area contributed by atoms with Gasteiger partial charge in [-0.15, -0.1) is 0 Å². The summed E-state index contributed by atoms with van der Waals surface area (Å²) < 4.78 is 0. The number of aliphatic carboxylic acids is 1. The topological polar surface area (TPSA) is 37.3 Å². The van der Waals surface area contributed by atoms with E-state index in [-0.39, 0.29) is 0 Å². The van der Waals surface area contributed by atoms with Crippen LogP contribution in [0.1, 0.15) is 12.8 Å². The normalized spacial score (nSPS) is 19.8. The molecule has 2 aliphatic carbocycles. The third-order valence-electron chi connectivity index (χ3n) is 2.29. The maximum Gasteiger partial charge on any atom is 0.335 e. The Labute approximate surface area is 76.6 Å². The fourth-order valence-electron chi connectivity index (χ4n) is 1.66. The van der Waals surface area contributed by atoms with Crippen LogP contribution in [0, 0.1) is 0 Å². The van der Waals surface area contributed by atoms with Crippen LogP contribution in [0.25, 0.3) is 0 Å². The van der Waals surface area contributed by atoms with Crippen molar-refractivity contribution in [1.29, 1.82) is 0 Å². The molecule has 0 aromatic heterocycles. The molecule has 0 heterocycles. The van der Waals surface area contributed by atoms with Gasteiger partial charge in [-0.1, -0.05) is 30.4 Å². The number of carboxylic acids is 1. The van der Waals surface area contributed by atoms with Crippen molar-refractivity contribution >= 4 is 5.97 Å². The van der Waals surface area contributed by atoms with Gasteiger partial charge >= 0.3 is 5.97 Å². The fraction of sp³-hybridized carbons (Fsp3) is 0.182. The fourth-order valence-corrected chi connectivity index (χ4v) is 1.66. The zero-order valence-corrected chi connectivity index (χ0v) is 7.16. The molecule has 0 radical (unpaired) electrons. The highest BCUT2D eigenvalue weighted by molar-refractivity contribution is 5.94. The molecule has 0 unspecified atom stereocenters. The van der Waals surface area contributed by atoms with Gasteiger partial charge in [0.2, 0.25) is 0 Å². The summed E-state index contributed by atoms with van der Waals surface area (Å²) >= 11 is 0. The van der Waals surface area contributed by atoms with Gasteiger partial charge in [0.15, 0.2) is 0 Å². The summed E-state index contributed by atoms with van der Waals surface area (Å²) in [5.74, 6) is -0.827. The number of carbonyl (C=O) groups is 1. The van der Waals surface area contributed by atoms with Crippen LogP contribution in [0.15, 0.2) is 47.1 Å². The molecule has 0 aliphatic heterocycles. The van der Waals surface area contributed by atoms with E-state index in [1.807, 2.05) is 18.2 Å². The summed E-state index contributed by atoms with van der Waals surface area (Å²) in [6.07, 6.45) is 11.3. The second-order valence-corrected chi connectivity index (χ2v) is 3.10. The summed E-state index contributed by atoms with van der Waals surface area (Å²) in [6, 6.07) is 0.